The average molecular weight is 488 g/mol. The summed E-state index contributed by atoms with van der Waals surface area (Å²) in [5.41, 5.74) is 3.45. The van der Waals surface area contributed by atoms with E-state index in [1.54, 1.807) is 29.8 Å². The number of para-hydroxylation sites is 1. The fraction of sp³-hybridized carbons (Fsp3) is 0.304. The second-order valence-corrected chi connectivity index (χ2v) is 8.84. The molecule has 3 aromatic rings. The highest BCUT2D eigenvalue weighted by molar-refractivity contribution is 7.99. The first-order valence-electron chi connectivity index (χ1n) is 10.3. The van der Waals surface area contributed by atoms with Crippen LogP contribution in [0.15, 0.2) is 41.6 Å². The molecule has 0 spiro atoms. The molecule has 1 heterocycles. The lowest BCUT2D eigenvalue weighted by atomic mass is 10.1. The summed E-state index contributed by atoms with van der Waals surface area (Å²) in [5, 5.41) is 15.0. The number of aryl methyl sites for hydroxylation is 2. The number of aromatic nitrogens is 3. The molecule has 174 valence electrons. The Balaban J connectivity index is 1.47. The summed E-state index contributed by atoms with van der Waals surface area (Å²) in [7, 11) is 1.79. The van der Waals surface area contributed by atoms with Gasteiger partial charge in [0.2, 0.25) is 5.91 Å². The summed E-state index contributed by atoms with van der Waals surface area (Å²) in [5.74, 6) is 1.02. The molecule has 0 radical (unpaired) electrons. The predicted molar refractivity (Wildman–Crippen MR) is 130 cm³/mol. The van der Waals surface area contributed by atoms with Crippen LogP contribution < -0.4 is 15.4 Å². The molecule has 2 aromatic carbocycles. The molecule has 1 aromatic heterocycles. The highest BCUT2D eigenvalue weighted by atomic mass is 35.5. The average Bonchev–Trinajstić information content (AvgIpc) is 3.13. The van der Waals surface area contributed by atoms with Crippen LogP contribution in [0.1, 0.15) is 22.5 Å². The van der Waals surface area contributed by atoms with Crippen LogP contribution >= 0.6 is 23.4 Å². The molecule has 0 aliphatic carbocycles. The summed E-state index contributed by atoms with van der Waals surface area (Å²) in [6.07, 6.45) is 0. The van der Waals surface area contributed by atoms with E-state index in [1.807, 2.05) is 39.0 Å². The van der Waals surface area contributed by atoms with Gasteiger partial charge in [-0.15, -0.1) is 10.2 Å². The Morgan fingerprint density at radius 3 is 2.48 bits per heavy atom. The standard InChI is InChI=1S/C23H26ClN5O3S/c1-14-7-5-8-15(2)22(14)32-12-20(30)25-11-19-27-28-23(29(19)4)33-13-21(31)26-18-10-6-9-17(24)16(18)3/h5-10H,11-13H2,1-4H3,(H,25,30)(H,26,31). The molecule has 0 aliphatic rings. The molecule has 10 heteroatoms. The zero-order valence-corrected chi connectivity index (χ0v) is 20.5. The van der Waals surface area contributed by atoms with Crippen molar-refractivity contribution in [1.29, 1.82) is 0 Å². The van der Waals surface area contributed by atoms with Crippen LogP contribution in [0.3, 0.4) is 0 Å². The van der Waals surface area contributed by atoms with Crippen molar-refractivity contribution in [3.8, 4) is 5.75 Å². The first-order valence-corrected chi connectivity index (χ1v) is 11.6. The van der Waals surface area contributed by atoms with Crippen LogP contribution in [0, 0.1) is 20.8 Å². The van der Waals surface area contributed by atoms with Gasteiger partial charge in [0, 0.05) is 17.8 Å². The number of carbonyl (C=O) groups excluding carboxylic acids is 2. The molecular formula is C23H26ClN5O3S. The van der Waals surface area contributed by atoms with Crippen LogP contribution in [0.2, 0.25) is 5.02 Å². The number of halogens is 1. The van der Waals surface area contributed by atoms with E-state index < -0.39 is 0 Å². The normalized spacial score (nSPS) is 10.7. The molecule has 0 bridgehead atoms. The fourth-order valence-electron chi connectivity index (χ4n) is 3.08. The third kappa shape index (κ3) is 6.49. The summed E-state index contributed by atoms with van der Waals surface area (Å²) in [6.45, 7) is 5.84. The minimum Gasteiger partial charge on any atom is -0.483 e. The maximum absolute atomic E-state index is 12.3. The van der Waals surface area contributed by atoms with Gasteiger partial charge in [-0.3, -0.25) is 9.59 Å². The van der Waals surface area contributed by atoms with Crippen molar-refractivity contribution >= 4 is 40.9 Å². The van der Waals surface area contributed by atoms with Gasteiger partial charge >= 0.3 is 0 Å². The van der Waals surface area contributed by atoms with E-state index in [0.717, 1.165) is 22.4 Å². The lowest BCUT2D eigenvalue weighted by molar-refractivity contribution is -0.123. The molecule has 0 saturated heterocycles. The second kappa shape index (κ2) is 11.2. The van der Waals surface area contributed by atoms with Crippen molar-refractivity contribution in [2.24, 2.45) is 7.05 Å². The minimum absolute atomic E-state index is 0.0890. The third-order valence-corrected chi connectivity index (χ3v) is 6.43. The maximum Gasteiger partial charge on any atom is 0.258 e. The van der Waals surface area contributed by atoms with Crippen LogP contribution in [0.4, 0.5) is 5.69 Å². The molecule has 0 saturated carbocycles. The number of amides is 2. The van der Waals surface area contributed by atoms with E-state index in [0.29, 0.717) is 21.7 Å². The smallest absolute Gasteiger partial charge is 0.258 e. The van der Waals surface area contributed by atoms with Crippen molar-refractivity contribution in [3.05, 3.63) is 63.9 Å². The SMILES string of the molecule is Cc1cccc(C)c1OCC(=O)NCc1nnc(SCC(=O)Nc2cccc(Cl)c2C)n1C. The van der Waals surface area contributed by atoms with Gasteiger partial charge in [0.1, 0.15) is 5.75 Å². The summed E-state index contributed by atoms with van der Waals surface area (Å²) >= 11 is 7.35. The Labute approximate surface area is 202 Å². The van der Waals surface area contributed by atoms with Gasteiger partial charge in [-0.2, -0.15) is 0 Å². The number of benzene rings is 2. The monoisotopic (exact) mass is 487 g/mol. The quantitative estimate of drug-likeness (QED) is 0.445. The van der Waals surface area contributed by atoms with Crippen LogP contribution in [-0.4, -0.2) is 38.9 Å². The van der Waals surface area contributed by atoms with Crippen molar-refractivity contribution < 1.29 is 14.3 Å². The minimum atomic E-state index is -0.258. The van der Waals surface area contributed by atoms with Gasteiger partial charge < -0.3 is 19.9 Å². The summed E-state index contributed by atoms with van der Waals surface area (Å²) < 4.78 is 7.42. The number of anilines is 1. The lowest BCUT2D eigenvalue weighted by Gasteiger charge is -2.12. The van der Waals surface area contributed by atoms with E-state index in [2.05, 4.69) is 20.8 Å². The number of hydrogen-bond donors (Lipinski definition) is 2. The molecule has 0 fully saturated rings. The number of carbonyl (C=O) groups is 2. The van der Waals surface area contributed by atoms with E-state index >= 15 is 0 Å². The highest BCUT2D eigenvalue weighted by Crippen LogP contribution is 2.24. The largest absolute Gasteiger partial charge is 0.483 e. The van der Waals surface area contributed by atoms with Gasteiger partial charge in [0.25, 0.3) is 5.91 Å². The lowest BCUT2D eigenvalue weighted by Crippen LogP contribution is -2.29. The first-order chi connectivity index (χ1) is 15.8. The molecular weight excluding hydrogens is 462 g/mol. The Morgan fingerprint density at radius 1 is 1.06 bits per heavy atom. The molecule has 0 atom stereocenters. The van der Waals surface area contributed by atoms with E-state index in [4.69, 9.17) is 16.3 Å². The van der Waals surface area contributed by atoms with E-state index in [-0.39, 0.29) is 30.7 Å². The van der Waals surface area contributed by atoms with Crippen molar-refractivity contribution in [2.45, 2.75) is 32.5 Å². The predicted octanol–water partition coefficient (Wildman–Crippen LogP) is 3.82. The Morgan fingerprint density at radius 2 is 1.76 bits per heavy atom. The molecule has 8 nitrogen and oxygen atoms in total. The zero-order chi connectivity index (χ0) is 24.0. The number of rotatable bonds is 9. The van der Waals surface area contributed by atoms with Crippen LogP contribution in [0.25, 0.3) is 0 Å². The van der Waals surface area contributed by atoms with Gasteiger partial charge in [0.05, 0.1) is 12.3 Å². The molecule has 0 aliphatic heterocycles. The Bertz CT molecular complexity index is 1140. The van der Waals surface area contributed by atoms with E-state index in [9.17, 15) is 9.59 Å². The Hall–Kier alpha value is -3.04. The first kappa shape index (κ1) is 24.6. The van der Waals surface area contributed by atoms with Crippen molar-refractivity contribution in [2.75, 3.05) is 17.7 Å². The maximum atomic E-state index is 12.3. The van der Waals surface area contributed by atoms with E-state index in [1.165, 1.54) is 11.8 Å². The van der Waals surface area contributed by atoms with Gasteiger partial charge in [-0.05, 0) is 49.6 Å². The number of nitrogens with zero attached hydrogens (tertiary/aromatic N) is 3. The van der Waals surface area contributed by atoms with Crippen molar-refractivity contribution in [3.63, 3.8) is 0 Å². The van der Waals surface area contributed by atoms with Crippen molar-refractivity contribution in [1.82, 2.24) is 20.1 Å². The van der Waals surface area contributed by atoms with Gasteiger partial charge in [-0.25, -0.2) is 0 Å². The summed E-state index contributed by atoms with van der Waals surface area (Å²) in [6, 6.07) is 11.2. The number of nitrogens with one attached hydrogen (secondary N) is 2. The molecule has 33 heavy (non-hydrogen) atoms. The molecule has 2 amide bonds. The van der Waals surface area contributed by atoms with Gasteiger partial charge in [-0.1, -0.05) is 47.6 Å². The number of ether oxygens (including phenoxy) is 1. The highest BCUT2D eigenvalue weighted by Gasteiger charge is 2.14. The zero-order valence-electron chi connectivity index (χ0n) is 18.9. The second-order valence-electron chi connectivity index (χ2n) is 7.49. The molecule has 2 N–H and O–H groups in total. The molecule has 0 unspecified atom stereocenters. The topological polar surface area (TPSA) is 98.1 Å². The third-order valence-electron chi connectivity index (χ3n) is 5.00. The number of hydrogen-bond acceptors (Lipinski definition) is 6. The Kier molecular flexibility index (Phi) is 8.35. The van der Waals surface area contributed by atoms with Gasteiger partial charge in [0.15, 0.2) is 17.6 Å². The fourth-order valence-corrected chi connectivity index (χ4v) is 3.98. The van der Waals surface area contributed by atoms with Crippen LogP contribution in [0.5, 0.6) is 5.75 Å². The van der Waals surface area contributed by atoms with Crippen LogP contribution in [-0.2, 0) is 23.2 Å². The summed E-state index contributed by atoms with van der Waals surface area (Å²) in [4.78, 5) is 24.5. The molecule has 3 rings (SSSR count). The number of thioether (sulfide) groups is 1.